The standard InChI is InChI=1S/C20H28N2O4/c1-15-5-4-6-18(9-15)26-12-19(24)21-8-7-20(14-25-3)13-22(16(2)23)11-17(20)10-21/h4-6,9,17H,7-8,10-14H2,1-3H3/t17-,20+/m1/s1. The summed E-state index contributed by atoms with van der Waals surface area (Å²) in [6.45, 7) is 7.04. The SMILES string of the molecule is COC[C@@]12CCN(C(=O)COc3cccc(C)c3)C[C@@H]1CN(C(C)=O)C2. The molecule has 0 spiro atoms. The minimum Gasteiger partial charge on any atom is -0.484 e. The number of hydrogen-bond donors (Lipinski definition) is 0. The van der Waals surface area contributed by atoms with Crippen molar-refractivity contribution in [3.8, 4) is 5.75 Å². The van der Waals surface area contributed by atoms with Crippen molar-refractivity contribution in [3.05, 3.63) is 29.8 Å². The molecule has 2 amide bonds. The Kier molecular flexibility index (Phi) is 5.51. The first-order chi connectivity index (χ1) is 12.4. The zero-order valence-electron chi connectivity index (χ0n) is 15.9. The number of benzene rings is 1. The molecule has 2 saturated heterocycles. The largest absolute Gasteiger partial charge is 0.484 e. The van der Waals surface area contributed by atoms with E-state index in [1.807, 2.05) is 41.0 Å². The van der Waals surface area contributed by atoms with Gasteiger partial charge in [0.25, 0.3) is 5.91 Å². The van der Waals surface area contributed by atoms with E-state index in [4.69, 9.17) is 9.47 Å². The van der Waals surface area contributed by atoms with Gasteiger partial charge in [0.05, 0.1) is 6.61 Å². The molecule has 2 aliphatic rings. The van der Waals surface area contributed by atoms with Gasteiger partial charge in [0, 0.05) is 51.5 Å². The number of aryl methyl sites for hydroxylation is 1. The first-order valence-electron chi connectivity index (χ1n) is 9.15. The smallest absolute Gasteiger partial charge is 0.260 e. The summed E-state index contributed by atoms with van der Waals surface area (Å²) in [6, 6.07) is 7.70. The van der Waals surface area contributed by atoms with Gasteiger partial charge in [-0.15, -0.1) is 0 Å². The maximum Gasteiger partial charge on any atom is 0.260 e. The normalized spacial score (nSPS) is 25.1. The van der Waals surface area contributed by atoms with Crippen molar-refractivity contribution < 1.29 is 19.1 Å². The summed E-state index contributed by atoms with van der Waals surface area (Å²) >= 11 is 0. The second kappa shape index (κ2) is 7.66. The molecule has 1 aromatic carbocycles. The van der Waals surface area contributed by atoms with Gasteiger partial charge < -0.3 is 19.3 Å². The molecule has 26 heavy (non-hydrogen) atoms. The summed E-state index contributed by atoms with van der Waals surface area (Å²) in [4.78, 5) is 28.2. The van der Waals surface area contributed by atoms with Crippen LogP contribution >= 0.6 is 0 Å². The van der Waals surface area contributed by atoms with Crippen molar-refractivity contribution in [2.45, 2.75) is 20.3 Å². The number of carbonyl (C=O) groups is 2. The molecule has 2 atom stereocenters. The molecule has 0 aliphatic carbocycles. The van der Waals surface area contributed by atoms with E-state index in [2.05, 4.69) is 0 Å². The quantitative estimate of drug-likeness (QED) is 0.802. The van der Waals surface area contributed by atoms with E-state index in [0.717, 1.165) is 18.5 Å². The van der Waals surface area contributed by atoms with Crippen LogP contribution in [-0.4, -0.2) is 68.1 Å². The molecular formula is C20H28N2O4. The average molecular weight is 360 g/mol. The highest BCUT2D eigenvalue weighted by molar-refractivity contribution is 5.78. The molecule has 6 heteroatoms. The van der Waals surface area contributed by atoms with Crippen LogP contribution in [0.15, 0.2) is 24.3 Å². The number of ether oxygens (including phenoxy) is 2. The van der Waals surface area contributed by atoms with E-state index in [0.29, 0.717) is 32.0 Å². The second-order valence-electron chi connectivity index (χ2n) is 7.59. The Bertz CT molecular complexity index is 678. The molecule has 0 aromatic heterocycles. The van der Waals surface area contributed by atoms with Crippen LogP contribution in [0.5, 0.6) is 5.75 Å². The van der Waals surface area contributed by atoms with Gasteiger partial charge >= 0.3 is 0 Å². The zero-order chi connectivity index (χ0) is 18.7. The van der Waals surface area contributed by atoms with Crippen LogP contribution in [-0.2, 0) is 14.3 Å². The molecular weight excluding hydrogens is 332 g/mol. The van der Waals surface area contributed by atoms with E-state index >= 15 is 0 Å². The minimum atomic E-state index is -0.0331. The fraction of sp³-hybridized carbons (Fsp3) is 0.600. The van der Waals surface area contributed by atoms with Gasteiger partial charge in [-0.3, -0.25) is 9.59 Å². The summed E-state index contributed by atoms with van der Waals surface area (Å²) in [5, 5.41) is 0. The van der Waals surface area contributed by atoms with Crippen LogP contribution in [0.1, 0.15) is 18.9 Å². The Morgan fingerprint density at radius 1 is 1.27 bits per heavy atom. The van der Waals surface area contributed by atoms with Crippen molar-refractivity contribution in [3.63, 3.8) is 0 Å². The predicted octanol–water partition coefficient (Wildman–Crippen LogP) is 1.72. The molecule has 2 fully saturated rings. The lowest BCUT2D eigenvalue weighted by molar-refractivity contribution is -0.138. The maximum absolute atomic E-state index is 12.6. The Hall–Kier alpha value is -2.08. The highest BCUT2D eigenvalue weighted by Crippen LogP contribution is 2.43. The lowest BCUT2D eigenvalue weighted by Crippen LogP contribution is -2.51. The first kappa shape index (κ1) is 18.7. The van der Waals surface area contributed by atoms with Crippen LogP contribution in [0.4, 0.5) is 0 Å². The third-order valence-corrected chi connectivity index (χ3v) is 5.71. The van der Waals surface area contributed by atoms with E-state index in [1.165, 1.54) is 0 Å². The number of methoxy groups -OCH3 is 1. The Labute approximate surface area is 155 Å². The van der Waals surface area contributed by atoms with Crippen LogP contribution in [0.2, 0.25) is 0 Å². The van der Waals surface area contributed by atoms with E-state index < -0.39 is 0 Å². The predicted molar refractivity (Wildman–Crippen MR) is 97.9 cm³/mol. The highest BCUT2D eigenvalue weighted by Gasteiger charge is 2.50. The summed E-state index contributed by atoms with van der Waals surface area (Å²) < 4.78 is 11.1. The molecule has 3 rings (SSSR count). The van der Waals surface area contributed by atoms with E-state index in [1.54, 1.807) is 14.0 Å². The van der Waals surface area contributed by atoms with Gasteiger partial charge in [-0.25, -0.2) is 0 Å². The van der Waals surface area contributed by atoms with Crippen molar-refractivity contribution in [1.29, 1.82) is 0 Å². The number of fused-ring (bicyclic) bond motifs is 1. The molecule has 0 N–H and O–H groups in total. The average Bonchev–Trinajstić information content (AvgIpc) is 2.99. The van der Waals surface area contributed by atoms with Gasteiger partial charge in [-0.1, -0.05) is 12.1 Å². The minimum absolute atomic E-state index is 0.00111. The summed E-state index contributed by atoms with van der Waals surface area (Å²) in [6.07, 6.45) is 0.853. The molecule has 0 radical (unpaired) electrons. The van der Waals surface area contributed by atoms with Crippen LogP contribution < -0.4 is 4.74 Å². The summed E-state index contributed by atoms with van der Waals surface area (Å²) in [5.41, 5.74) is 1.07. The van der Waals surface area contributed by atoms with Crippen molar-refractivity contribution in [2.24, 2.45) is 11.3 Å². The van der Waals surface area contributed by atoms with Gasteiger partial charge in [-0.2, -0.15) is 0 Å². The fourth-order valence-corrected chi connectivity index (χ4v) is 4.21. The molecule has 2 heterocycles. The number of carbonyl (C=O) groups excluding carboxylic acids is 2. The van der Waals surface area contributed by atoms with Crippen molar-refractivity contribution in [1.82, 2.24) is 9.80 Å². The number of rotatable bonds is 5. The van der Waals surface area contributed by atoms with Crippen LogP contribution in [0.3, 0.4) is 0 Å². The van der Waals surface area contributed by atoms with E-state index in [-0.39, 0.29) is 29.8 Å². The van der Waals surface area contributed by atoms with E-state index in [9.17, 15) is 9.59 Å². The van der Waals surface area contributed by atoms with Crippen molar-refractivity contribution >= 4 is 11.8 Å². The first-order valence-corrected chi connectivity index (χ1v) is 9.15. The fourth-order valence-electron chi connectivity index (χ4n) is 4.21. The van der Waals surface area contributed by atoms with Crippen molar-refractivity contribution in [2.75, 3.05) is 46.5 Å². The van der Waals surface area contributed by atoms with Gasteiger partial charge in [-0.05, 0) is 31.0 Å². The Morgan fingerprint density at radius 2 is 2.04 bits per heavy atom. The molecule has 6 nitrogen and oxygen atoms in total. The number of hydrogen-bond acceptors (Lipinski definition) is 4. The molecule has 1 aromatic rings. The monoisotopic (exact) mass is 360 g/mol. The summed E-state index contributed by atoms with van der Waals surface area (Å²) in [7, 11) is 1.70. The van der Waals surface area contributed by atoms with Crippen LogP contribution in [0, 0.1) is 18.3 Å². The second-order valence-corrected chi connectivity index (χ2v) is 7.59. The van der Waals surface area contributed by atoms with Gasteiger partial charge in [0.15, 0.2) is 6.61 Å². The van der Waals surface area contributed by atoms with Crippen LogP contribution in [0.25, 0.3) is 0 Å². The molecule has 142 valence electrons. The molecule has 0 bridgehead atoms. The van der Waals surface area contributed by atoms with Gasteiger partial charge in [0.2, 0.25) is 5.91 Å². The highest BCUT2D eigenvalue weighted by atomic mass is 16.5. The maximum atomic E-state index is 12.6. The third kappa shape index (κ3) is 3.85. The molecule has 0 unspecified atom stereocenters. The number of nitrogens with zero attached hydrogens (tertiary/aromatic N) is 2. The number of likely N-dealkylation sites (tertiary alicyclic amines) is 2. The van der Waals surface area contributed by atoms with Gasteiger partial charge in [0.1, 0.15) is 5.75 Å². The molecule has 2 aliphatic heterocycles. The third-order valence-electron chi connectivity index (χ3n) is 5.71. The lowest BCUT2D eigenvalue weighted by Gasteiger charge is -2.42. The molecule has 0 saturated carbocycles. The topological polar surface area (TPSA) is 59.1 Å². The lowest BCUT2D eigenvalue weighted by atomic mass is 9.73. The Morgan fingerprint density at radius 3 is 2.73 bits per heavy atom. The zero-order valence-corrected chi connectivity index (χ0v) is 15.9. The number of piperidine rings is 1. The summed E-state index contributed by atoms with van der Waals surface area (Å²) in [5.74, 6) is 1.06. The number of amides is 2. The Balaban J connectivity index is 1.61.